The number of ether oxygens (including phenoxy) is 3. The van der Waals surface area contributed by atoms with Crippen molar-refractivity contribution in [3.8, 4) is 17.2 Å². The highest BCUT2D eigenvalue weighted by atomic mass is 32.2. The number of carbonyl (C=O) groups is 3. The number of hydrogen-bond acceptors (Lipinski definition) is 7. The zero-order chi connectivity index (χ0) is 35.5. The Balaban J connectivity index is 1.43. The van der Waals surface area contributed by atoms with E-state index in [9.17, 15) is 14.4 Å². The largest absolute Gasteiger partial charge is 0.493 e. The number of rotatable bonds is 13. The van der Waals surface area contributed by atoms with E-state index >= 15 is 0 Å². The van der Waals surface area contributed by atoms with E-state index in [-0.39, 0.29) is 11.6 Å². The summed E-state index contributed by atoms with van der Waals surface area (Å²) in [5, 5.41) is 8.15. The smallest absolute Gasteiger partial charge is 0.272 e. The van der Waals surface area contributed by atoms with Crippen molar-refractivity contribution in [1.82, 2.24) is 5.32 Å². The second-order valence-corrected chi connectivity index (χ2v) is 12.2. The SMILES string of the molecule is COc1cc(/C=C(/NC(=O)c2ccccc2)C(=O)Nc2cccc(SC(C(=O)Nc3ccccc3C)c3ccccc3)c2)cc(OC)c1OC. The molecule has 5 rings (SSSR count). The van der Waals surface area contributed by atoms with Crippen molar-refractivity contribution in [2.75, 3.05) is 32.0 Å². The van der Waals surface area contributed by atoms with Gasteiger partial charge in [0.05, 0.1) is 21.3 Å². The zero-order valence-electron chi connectivity index (χ0n) is 28.1. The normalized spacial score (nSPS) is 11.6. The lowest BCUT2D eigenvalue weighted by molar-refractivity contribution is -0.116. The molecule has 5 aromatic carbocycles. The molecule has 9 nitrogen and oxygen atoms in total. The summed E-state index contributed by atoms with van der Waals surface area (Å²) in [6, 6.07) is 36.3. The standard InChI is InChI=1S/C40H37N3O6S/c1-26-14-11-12-21-32(26)42-40(46)37(28-15-7-5-8-16-28)50-31-20-13-19-30(25-31)41-39(45)33(43-38(44)29-17-9-6-10-18-29)22-27-23-34(47-2)36(49-4)35(24-27)48-3/h5-25,37H,1-4H3,(H,41,45)(H,42,46)(H,43,44)/b33-22+. The number of benzene rings is 5. The van der Waals surface area contributed by atoms with Crippen molar-refractivity contribution in [3.63, 3.8) is 0 Å². The van der Waals surface area contributed by atoms with E-state index < -0.39 is 17.1 Å². The topological polar surface area (TPSA) is 115 Å². The molecule has 1 atom stereocenters. The van der Waals surface area contributed by atoms with Gasteiger partial charge in [-0.3, -0.25) is 14.4 Å². The van der Waals surface area contributed by atoms with Gasteiger partial charge in [-0.1, -0.05) is 72.8 Å². The zero-order valence-corrected chi connectivity index (χ0v) is 28.9. The van der Waals surface area contributed by atoms with Gasteiger partial charge in [-0.05, 0) is 78.2 Å². The number of aryl methyl sites for hydroxylation is 1. The molecule has 10 heteroatoms. The molecule has 0 heterocycles. The molecule has 5 aromatic rings. The van der Waals surface area contributed by atoms with E-state index in [4.69, 9.17) is 14.2 Å². The number of carbonyl (C=O) groups excluding carboxylic acids is 3. The molecule has 0 bridgehead atoms. The molecule has 0 radical (unpaired) electrons. The minimum absolute atomic E-state index is 0.0223. The van der Waals surface area contributed by atoms with E-state index in [0.717, 1.165) is 21.7 Å². The fourth-order valence-electron chi connectivity index (χ4n) is 5.09. The third kappa shape index (κ3) is 8.91. The molecule has 0 fully saturated rings. The number of hydrogen-bond donors (Lipinski definition) is 3. The van der Waals surface area contributed by atoms with Gasteiger partial charge in [-0.25, -0.2) is 0 Å². The number of thioether (sulfide) groups is 1. The van der Waals surface area contributed by atoms with Gasteiger partial charge in [0.2, 0.25) is 11.7 Å². The van der Waals surface area contributed by atoms with Crippen LogP contribution in [0.3, 0.4) is 0 Å². The lowest BCUT2D eigenvalue weighted by Gasteiger charge is -2.18. The van der Waals surface area contributed by atoms with Crippen molar-refractivity contribution in [1.29, 1.82) is 0 Å². The van der Waals surface area contributed by atoms with E-state index in [1.165, 1.54) is 39.2 Å². The summed E-state index contributed by atoms with van der Waals surface area (Å²) in [7, 11) is 4.49. The summed E-state index contributed by atoms with van der Waals surface area (Å²) in [4.78, 5) is 41.5. The molecule has 1 unspecified atom stereocenters. The number of nitrogens with one attached hydrogen (secondary N) is 3. The second-order valence-electron chi connectivity index (χ2n) is 11.0. The van der Waals surface area contributed by atoms with Gasteiger partial charge in [0.1, 0.15) is 10.9 Å². The first-order chi connectivity index (χ1) is 24.3. The highest BCUT2D eigenvalue weighted by Gasteiger charge is 2.23. The molecule has 3 N–H and O–H groups in total. The molecular formula is C40H37N3O6S. The van der Waals surface area contributed by atoms with Crippen LogP contribution < -0.4 is 30.2 Å². The molecule has 0 aliphatic heterocycles. The van der Waals surface area contributed by atoms with Gasteiger partial charge in [-0.2, -0.15) is 0 Å². The number of anilines is 2. The van der Waals surface area contributed by atoms with Crippen LogP contribution in [0.25, 0.3) is 6.08 Å². The number of para-hydroxylation sites is 1. The molecule has 0 aliphatic rings. The monoisotopic (exact) mass is 687 g/mol. The van der Waals surface area contributed by atoms with E-state index in [0.29, 0.717) is 34.1 Å². The lowest BCUT2D eigenvalue weighted by atomic mass is 10.1. The molecule has 0 aromatic heterocycles. The third-order valence-electron chi connectivity index (χ3n) is 7.62. The van der Waals surface area contributed by atoms with Crippen LogP contribution in [0.15, 0.2) is 132 Å². The Kier molecular flexibility index (Phi) is 11.9. The lowest BCUT2D eigenvalue weighted by Crippen LogP contribution is -2.30. The maximum Gasteiger partial charge on any atom is 0.272 e. The number of methoxy groups -OCH3 is 3. The average molecular weight is 688 g/mol. The minimum atomic E-state index is -0.581. The van der Waals surface area contributed by atoms with Crippen LogP contribution in [0.5, 0.6) is 17.2 Å². The van der Waals surface area contributed by atoms with Gasteiger partial charge in [-0.15, -0.1) is 11.8 Å². The Morgan fingerprint density at radius 2 is 1.34 bits per heavy atom. The first kappa shape index (κ1) is 35.3. The van der Waals surface area contributed by atoms with Gasteiger partial charge < -0.3 is 30.2 Å². The molecule has 50 heavy (non-hydrogen) atoms. The van der Waals surface area contributed by atoms with Crippen LogP contribution >= 0.6 is 11.8 Å². The van der Waals surface area contributed by atoms with E-state index in [1.54, 1.807) is 60.7 Å². The van der Waals surface area contributed by atoms with E-state index in [1.807, 2.05) is 67.6 Å². The van der Waals surface area contributed by atoms with Crippen LogP contribution in [-0.2, 0) is 9.59 Å². The van der Waals surface area contributed by atoms with Crippen molar-refractivity contribution in [2.24, 2.45) is 0 Å². The Morgan fingerprint density at radius 3 is 1.98 bits per heavy atom. The van der Waals surface area contributed by atoms with Crippen LogP contribution in [0.4, 0.5) is 11.4 Å². The van der Waals surface area contributed by atoms with E-state index in [2.05, 4.69) is 16.0 Å². The maximum absolute atomic E-state index is 13.9. The van der Waals surface area contributed by atoms with Gasteiger partial charge in [0, 0.05) is 21.8 Å². The van der Waals surface area contributed by atoms with Crippen LogP contribution in [-0.4, -0.2) is 39.1 Å². The van der Waals surface area contributed by atoms with Crippen LogP contribution in [0, 0.1) is 6.92 Å². The fraction of sp³-hybridized carbons (Fsp3) is 0.125. The average Bonchev–Trinajstić information content (AvgIpc) is 3.14. The Bertz CT molecular complexity index is 1970. The predicted octanol–water partition coefficient (Wildman–Crippen LogP) is 7.90. The van der Waals surface area contributed by atoms with Crippen LogP contribution in [0.2, 0.25) is 0 Å². The van der Waals surface area contributed by atoms with Crippen molar-refractivity contribution >= 4 is 46.9 Å². The van der Waals surface area contributed by atoms with Crippen molar-refractivity contribution in [3.05, 3.63) is 149 Å². The Labute approximate surface area is 295 Å². The van der Waals surface area contributed by atoms with Crippen LogP contribution in [0.1, 0.15) is 32.3 Å². The van der Waals surface area contributed by atoms with Crippen molar-refractivity contribution < 1.29 is 28.6 Å². The second kappa shape index (κ2) is 16.9. The van der Waals surface area contributed by atoms with Gasteiger partial charge >= 0.3 is 0 Å². The first-order valence-electron chi connectivity index (χ1n) is 15.7. The summed E-state index contributed by atoms with van der Waals surface area (Å²) in [5.41, 5.74) is 3.87. The summed E-state index contributed by atoms with van der Waals surface area (Å²) in [6.45, 7) is 1.94. The molecule has 254 valence electrons. The molecule has 0 spiro atoms. The highest BCUT2D eigenvalue weighted by molar-refractivity contribution is 8.00. The highest BCUT2D eigenvalue weighted by Crippen LogP contribution is 2.39. The Morgan fingerprint density at radius 1 is 0.700 bits per heavy atom. The number of amides is 3. The molecular weight excluding hydrogens is 651 g/mol. The first-order valence-corrected chi connectivity index (χ1v) is 16.5. The van der Waals surface area contributed by atoms with Gasteiger partial charge in [0.15, 0.2) is 11.5 Å². The molecule has 0 aliphatic carbocycles. The summed E-state index contributed by atoms with van der Waals surface area (Å²) in [5.74, 6) is -0.0460. The third-order valence-corrected chi connectivity index (χ3v) is 8.86. The molecule has 3 amide bonds. The quantitative estimate of drug-likeness (QED) is 0.0852. The predicted molar refractivity (Wildman–Crippen MR) is 198 cm³/mol. The molecule has 0 saturated carbocycles. The minimum Gasteiger partial charge on any atom is -0.493 e. The summed E-state index contributed by atoms with van der Waals surface area (Å²) < 4.78 is 16.4. The Hall–Kier alpha value is -6.00. The van der Waals surface area contributed by atoms with Gasteiger partial charge in [0.25, 0.3) is 11.8 Å². The molecule has 0 saturated heterocycles. The maximum atomic E-state index is 13.9. The summed E-state index contributed by atoms with van der Waals surface area (Å²) in [6.07, 6.45) is 1.53. The fourth-order valence-corrected chi connectivity index (χ4v) is 6.17. The van der Waals surface area contributed by atoms with Crippen molar-refractivity contribution in [2.45, 2.75) is 17.1 Å². The summed E-state index contributed by atoms with van der Waals surface area (Å²) >= 11 is 1.36.